The number of aliphatic hydroxyl groups excluding tert-OH is 1. The van der Waals surface area contributed by atoms with Crippen molar-refractivity contribution in [2.45, 2.75) is 13.0 Å². The molecule has 0 aromatic heterocycles. The lowest BCUT2D eigenvalue weighted by Gasteiger charge is -2.13. The minimum Gasteiger partial charge on any atom is -0.399 e. The predicted octanol–water partition coefficient (Wildman–Crippen LogP) is 6.09. The van der Waals surface area contributed by atoms with E-state index in [0.717, 1.165) is 22.5 Å². The molecule has 0 spiro atoms. The quantitative estimate of drug-likeness (QED) is 0.374. The number of rotatable bonds is 4. The average molecular weight is 383 g/mol. The van der Waals surface area contributed by atoms with Crippen molar-refractivity contribution in [3.05, 3.63) is 126 Å². The molecule has 0 bridgehead atoms. The van der Waals surface area contributed by atoms with E-state index in [9.17, 15) is 5.11 Å². The van der Waals surface area contributed by atoms with Crippen LogP contribution in [0, 0.1) is 6.92 Å². The van der Waals surface area contributed by atoms with E-state index >= 15 is 0 Å². The minimum atomic E-state index is -0.647. The Morgan fingerprint density at radius 2 is 1.07 bits per heavy atom. The zero-order chi connectivity index (χ0) is 20.5. The van der Waals surface area contributed by atoms with Crippen LogP contribution in [-0.4, -0.2) is 5.11 Å². The van der Waals surface area contributed by atoms with Crippen molar-refractivity contribution in [3.63, 3.8) is 0 Å². The van der Waals surface area contributed by atoms with Crippen LogP contribution in [0.3, 0.4) is 0 Å². The molecule has 0 fully saturated rings. The van der Waals surface area contributed by atoms with Crippen molar-refractivity contribution >= 4 is 17.1 Å². The van der Waals surface area contributed by atoms with Gasteiger partial charge in [-0.2, -0.15) is 0 Å². The molecule has 0 aliphatic heterocycles. The second kappa shape index (κ2) is 10.1. The Morgan fingerprint density at radius 1 is 0.621 bits per heavy atom. The van der Waals surface area contributed by atoms with E-state index in [0.29, 0.717) is 5.69 Å². The van der Waals surface area contributed by atoms with Gasteiger partial charge in [-0.3, -0.25) is 0 Å². The molecule has 4 aromatic carbocycles. The van der Waals surface area contributed by atoms with Crippen molar-refractivity contribution in [3.8, 4) is 0 Å². The maximum absolute atomic E-state index is 10.4. The van der Waals surface area contributed by atoms with Crippen LogP contribution in [0.15, 0.2) is 109 Å². The van der Waals surface area contributed by atoms with Gasteiger partial charge in [0.2, 0.25) is 0 Å². The number of nitrogen functional groups attached to an aromatic ring is 1. The fourth-order valence-electron chi connectivity index (χ4n) is 2.84. The fourth-order valence-corrected chi connectivity index (χ4v) is 2.84. The van der Waals surface area contributed by atoms with E-state index in [1.807, 2.05) is 84.9 Å². The van der Waals surface area contributed by atoms with Crippen LogP contribution in [0.2, 0.25) is 0 Å². The van der Waals surface area contributed by atoms with Gasteiger partial charge >= 0.3 is 0 Å². The first-order valence-electron chi connectivity index (χ1n) is 9.59. The topological polar surface area (TPSA) is 58.3 Å². The van der Waals surface area contributed by atoms with Gasteiger partial charge in [-0.15, -0.1) is 0 Å². The van der Waals surface area contributed by atoms with Crippen LogP contribution in [0.25, 0.3) is 0 Å². The van der Waals surface area contributed by atoms with Crippen LogP contribution < -0.4 is 11.1 Å². The molecule has 0 aliphatic rings. The number of nitrogens with one attached hydrogen (secondary N) is 1. The molecule has 29 heavy (non-hydrogen) atoms. The summed E-state index contributed by atoms with van der Waals surface area (Å²) in [6, 6.07) is 35.3. The fraction of sp³-hybridized carbons (Fsp3) is 0.0769. The monoisotopic (exact) mass is 382 g/mol. The molecule has 0 saturated heterocycles. The molecular weight excluding hydrogens is 356 g/mol. The van der Waals surface area contributed by atoms with Gasteiger partial charge < -0.3 is 16.2 Å². The first-order chi connectivity index (χ1) is 14.1. The molecule has 0 amide bonds. The van der Waals surface area contributed by atoms with Crippen molar-refractivity contribution in [2.24, 2.45) is 0 Å². The van der Waals surface area contributed by atoms with Crippen molar-refractivity contribution in [1.82, 2.24) is 0 Å². The Bertz CT molecular complexity index is 982. The number of para-hydroxylation sites is 1. The lowest BCUT2D eigenvalue weighted by atomic mass is 10.0. The molecule has 146 valence electrons. The summed E-state index contributed by atoms with van der Waals surface area (Å²) >= 11 is 0. The first-order valence-corrected chi connectivity index (χ1v) is 9.59. The summed E-state index contributed by atoms with van der Waals surface area (Å²) in [5.41, 5.74) is 11.4. The number of nitrogens with two attached hydrogens (primary N) is 1. The van der Waals surface area contributed by atoms with E-state index in [1.54, 1.807) is 12.1 Å². The standard InChI is InChI=1S/C19H18N2O.C7H8/c20-16-10-6-14(7-11-16)19(22)15-8-12-18(13-9-15)21-17-4-2-1-3-5-17;1-7-5-3-2-4-6-7/h1-13,19,21-22H,20H2;2-6H,1H3. The summed E-state index contributed by atoms with van der Waals surface area (Å²) in [7, 11) is 0. The highest BCUT2D eigenvalue weighted by Gasteiger charge is 2.10. The van der Waals surface area contributed by atoms with Crippen LogP contribution >= 0.6 is 0 Å². The molecule has 0 aliphatic carbocycles. The number of hydrogen-bond donors (Lipinski definition) is 3. The van der Waals surface area contributed by atoms with E-state index < -0.39 is 6.10 Å². The molecule has 4 N–H and O–H groups in total. The van der Waals surface area contributed by atoms with E-state index in [4.69, 9.17) is 5.73 Å². The first kappa shape index (κ1) is 20.2. The third-order valence-corrected chi connectivity index (χ3v) is 4.48. The Morgan fingerprint density at radius 3 is 1.55 bits per heavy atom. The van der Waals surface area contributed by atoms with Gasteiger partial charge in [-0.05, 0) is 54.4 Å². The van der Waals surface area contributed by atoms with Gasteiger partial charge in [-0.25, -0.2) is 0 Å². The molecule has 4 aromatic rings. The van der Waals surface area contributed by atoms with E-state index in [2.05, 4.69) is 24.4 Å². The molecule has 0 radical (unpaired) electrons. The Labute approximate surface area is 172 Å². The summed E-state index contributed by atoms with van der Waals surface area (Å²) in [6.07, 6.45) is -0.647. The maximum atomic E-state index is 10.4. The number of anilines is 3. The summed E-state index contributed by atoms with van der Waals surface area (Å²) in [5, 5.41) is 13.7. The molecular formula is C26H26N2O. The average Bonchev–Trinajstić information content (AvgIpc) is 2.76. The zero-order valence-electron chi connectivity index (χ0n) is 16.5. The van der Waals surface area contributed by atoms with Crippen LogP contribution in [0.1, 0.15) is 22.8 Å². The maximum Gasteiger partial charge on any atom is 0.104 e. The highest BCUT2D eigenvalue weighted by molar-refractivity contribution is 5.59. The van der Waals surface area contributed by atoms with Gasteiger partial charge in [-0.1, -0.05) is 78.4 Å². The lowest BCUT2D eigenvalue weighted by Crippen LogP contribution is -2.00. The molecule has 4 rings (SSSR count). The Kier molecular flexibility index (Phi) is 7.04. The van der Waals surface area contributed by atoms with Crippen molar-refractivity contribution in [1.29, 1.82) is 0 Å². The molecule has 0 heterocycles. The highest BCUT2D eigenvalue weighted by Crippen LogP contribution is 2.25. The normalized spacial score (nSPS) is 11.1. The number of benzene rings is 4. The van der Waals surface area contributed by atoms with Crippen LogP contribution in [-0.2, 0) is 0 Å². The van der Waals surface area contributed by atoms with Gasteiger partial charge in [0.15, 0.2) is 0 Å². The van der Waals surface area contributed by atoms with Gasteiger partial charge in [0.1, 0.15) is 6.10 Å². The van der Waals surface area contributed by atoms with E-state index in [1.165, 1.54) is 5.56 Å². The SMILES string of the molecule is Cc1ccccc1.Nc1ccc(C(O)c2ccc(Nc3ccccc3)cc2)cc1. The molecule has 3 nitrogen and oxygen atoms in total. The predicted molar refractivity (Wildman–Crippen MR) is 122 cm³/mol. The third-order valence-electron chi connectivity index (χ3n) is 4.48. The summed E-state index contributed by atoms with van der Waals surface area (Å²) in [4.78, 5) is 0. The van der Waals surface area contributed by atoms with Crippen molar-refractivity contribution in [2.75, 3.05) is 11.1 Å². The van der Waals surface area contributed by atoms with Crippen LogP contribution in [0.4, 0.5) is 17.1 Å². The van der Waals surface area contributed by atoms with Crippen molar-refractivity contribution < 1.29 is 5.11 Å². The second-order valence-electron chi connectivity index (χ2n) is 6.84. The lowest BCUT2D eigenvalue weighted by molar-refractivity contribution is 0.220. The minimum absolute atomic E-state index is 0.647. The summed E-state index contributed by atoms with van der Waals surface area (Å²) < 4.78 is 0. The van der Waals surface area contributed by atoms with Gasteiger partial charge in [0, 0.05) is 17.1 Å². The molecule has 1 unspecified atom stereocenters. The highest BCUT2D eigenvalue weighted by atomic mass is 16.3. The molecule has 1 atom stereocenters. The largest absolute Gasteiger partial charge is 0.399 e. The van der Waals surface area contributed by atoms with Crippen LogP contribution in [0.5, 0.6) is 0 Å². The molecule has 0 saturated carbocycles. The van der Waals surface area contributed by atoms with E-state index in [-0.39, 0.29) is 0 Å². The van der Waals surface area contributed by atoms with Gasteiger partial charge in [0.05, 0.1) is 0 Å². The number of aryl methyl sites for hydroxylation is 1. The number of aliphatic hydroxyl groups is 1. The Balaban J connectivity index is 0.000000290. The smallest absolute Gasteiger partial charge is 0.104 e. The summed E-state index contributed by atoms with van der Waals surface area (Å²) in [6.45, 7) is 2.08. The zero-order valence-corrected chi connectivity index (χ0v) is 16.5. The second-order valence-corrected chi connectivity index (χ2v) is 6.84. The third kappa shape index (κ3) is 6.23. The molecule has 3 heteroatoms. The number of hydrogen-bond acceptors (Lipinski definition) is 3. The Hall–Kier alpha value is -3.56. The van der Waals surface area contributed by atoms with Gasteiger partial charge in [0.25, 0.3) is 0 Å². The summed E-state index contributed by atoms with van der Waals surface area (Å²) in [5.74, 6) is 0.